The van der Waals surface area contributed by atoms with Crippen molar-refractivity contribution < 1.29 is 4.79 Å². The lowest BCUT2D eigenvalue weighted by Gasteiger charge is -2.28. The third kappa shape index (κ3) is 3.40. The smallest absolute Gasteiger partial charge is 0.280 e. The van der Waals surface area contributed by atoms with Crippen molar-refractivity contribution in [3.63, 3.8) is 0 Å². The van der Waals surface area contributed by atoms with Crippen LogP contribution >= 0.6 is 11.6 Å². The second-order valence-electron chi connectivity index (χ2n) is 8.07. The second kappa shape index (κ2) is 7.56. The molecule has 4 rings (SSSR count). The number of anilines is 2. The van der Waals surface area contributed by atoms with Gasteiger partial charge in [-0.15, -0.1) is 0 Å². The van der Waals surface area contributed by atoms with Gasteiger partial charge in [-0.25, -0.2) is 0 Å². The van der Waals surface area contributed by atoms with Gasteiger partial charge in [0.25, 0.3) is 5.91 Å². The molecule has 0 aliphatic carbocycles. The number of carbonyl (C=O) groups is 1. The van der Waals surface area contributed by atoms with E-state index in [1.54, 1.807) is 0 Å². The van der Waals surface area contributed by atoms with Crippen molar-refractivity contribution in [3.8, 4) is 0 Å². The Bertz CT molecular complexity index is 1040. The summed E-state index contributed by atoms with van der Waals surface area (Å²) in [5.41, 5.74) is 5.24. The molecular formula is C23H25ClN4O. The van der Waals surface area contributed by atoms with Gasteiger partial charge in [0.2, 0.25) is 0 Å². The van der Waals surface area contributed by atoms with Crippen molar-refractivity contribution >= 4 is 28.9 Å². The highest BCUT2D eigenvalue weighted by Gasteiger charge is 2.43. The molecular weight excluding hydrogens is 384 g/mol. The minimum absolute atomic E-state index is 0.103. The lowest BCUT2D eigenvalue weighted by Crippen LogP contribution is -2.29. The standard InChI is InChI=1S/C23H25ClN4O/c1-14(2)13-19-20-21(26-25-19)23(29)28(16-11-9-15(10-12-16)27(3)4)22(20)17-7-5-6-8-18(17)24/h5-12,14,22H,13H2,1-4H3,(H,25,26). The third-order valence-electron chi connectivity index (χ3n) is 5.29. The number of aromatic amines is 1. The maximum Gasteiger partial charge on any atom is 0.280 e. The van der Waals surface area contributed by atoms with Crippen LogP contribution in [0.3, 0.4) is 0 Å². The fraction of sp³-hybridized carbons (Fsp3) is 0.304. The van der Waals surface area contributed by atoms with Crippen molar-refractivity contribution in [2.75, 3.05) is 23.9 Å². The number of fused-ring (bicyclic) bond motifs is 1. The summed E-state index contributed by atoms with van der Waals surface area (Å²) in [6, 6.07) is 15.4. The number of nitrogens with zero attached hydrogens (tertiary/aromatic N) is 3. The van der Waals surface area contributed by atoms with Crippen molar-refractivity contribution in [1.29, 1.82) is 0 Å². The molecule has 0 fully saturated rings. The van der Waals surface area contributed by atoms with Gasteiger partial charge < -0.3 is 4.90 Å². The van der Waals surface area contributed by atoms with Gasteiger partial charge in [-0.05, 0) is 48.2 Å². The van der Waals surface area contributed by atoms with Crippen LogP contribution in [0.2, 0.25) is 5.02 Å². The summed E-state index contributed by atoms with van der Waals surface area (Å²) in [6.07, 6.45) is 0.823. The van der Waals surface area contributed by atoms with Crippen LogP contribution in [0, 0.1) is 5.92 Å². The van der Waals surface area contributed by atoms with E-state index >= 15 is 0 Å². The minimum Gasteiger partial charge on any atom is -0.378 e. The van der Waals surface area contributed by atoms with E-state index in [0.29, 0.717) is 16.6 Å². The summed E-state index contributed by atoms with van der Waals surface area (Å²) in [6.45, 7) is 4.32. The maximum absolute atomic E-state index is 13.4. The molecule has 150 valence electrons. The van der Waals surface area contributed by atoms with Crippen molar-refractivity contribution in [3.05, 3.63) is 76.1 Å². The van der Waals surface area contributed by atoms with Crippen molar-refractivity contribution in [2.45, 2.75) is 26.3 Å². The number of amides is 1. The number of H-pyrrole nitrogens is 1. The lowest BCUT2D eigenvalue weighted by molar-refractivity contribution is 0.0989. The predicted molar refractivity (Wildman–Crippen MR) is 118 cm³/mol. The first-order valence-corrected chi connectivity index (χ1v) is 10.2. The van der Waals surface area contributed by atoms with E-state index in [4.69, 9.17) is 11.6 Å². The number of hydrogen-bond donors (Lipinski definition) is 1. The first-order chi connectivity index (χ1) is 13.9. The highest BCUT2D eigenvalue weighted by atomic mass is 35.5. The Morgan fingerprint density at radius 3 is 2.45 bits per heavy atom. The van der Waals surface area contributed by atoms with Gasteiger partial charge in [-0.1, -0.05) is 43.6 Å². The fourth-order valence-corrected chi connectivity index (χ4v) is 4.18. The normalized spacial score (nSPS) is 15.9. The average Bonchev–Trinajstić information content (AvgIpc) is 3.21. The number of halogens is 1. The summed E-state index contributed by atoms with van der Waals surface area (Å²) in [5, 5.41) is 8.14. The summed E-state index contributed by atoms with van der Waals surface area (Å²) >= 11 is 6.59. The first kappa shape index (κ1) is 19.5. The van der Waals surface area contributed by atoms with Gasteiger partial charge in [-0.3, -0.25) is 14.8 Å². The molecule has 6 heteroatoms. The van der Waals surface area contributed by atoms with Crippen LogP contribution in [0.1, 0.15) is 47.2 Å². The molecule has 29 heavy (non-hydrogen) atoms. The molecule has 1 atom stereocenters. The molecule has 0 bridgehead atoms. The minimum atomic E-state index is -0.302. The zero-order valence-electron chi connectivity index (χ0n) is 17.1. The van der Waals surface area contributed by atoms with Crippen LogP contribution in [0.25, 0.3) is 0 Å². The zero-order valence-corrected chi connectivity index (χ0v) is 17.9. The van der Waals surface area contributed by atoms with Crippen LogP contribution < -0.4 is 9.80 Å². The number of rotatable bonds is 5. The van der Waals surface area contributed by atoms with E-state index in [1.807, 2.05) is 72.4 Å². The van der Waals surface area contributed by atoms with E-state index in [1.165, 1.54) is 0 Å². The van der Waals surface area contributed by atoms with Gasteiger partial charge in [0.05, 0.1) is 6.04 Å². The Morgan fingerprint density at radius 2 is 1.83 bits per heavy atom. The molecule has 1 aliphatic rings. The van der Waals surface area contributed by atoms with Crippen LogP contribution in [0.15, 0.2) is 48.5 Å². The second-order valence-corrected chi connectivity index (χ2v) is 8.48. The number of hydrogen-bond acceptors (Lipinski definition) is 3. The topological polar surface area (TPSA) is 52.2 Å². The molecule has 2 heterocycles. The monoisotopic (exact) mass is 408 g/mol. The van der Waals surface area contributed by atoms with Gasteiger partial charge in [0.15, 0.2) is 5.69 Å². The van der Waals surface area contributed by atoms with Crippen LogP contribution in [-0.2, 0) is 6.42 Å². The average molecular weight is 409 g/mol. The molecule has 0 spiro atoms. The summed E-state index contributed by atoms with van der Waals surface area (Å²) in [5.74, 6) is 0.337. The van der Waals surface area contributed by atoms with Gasteiger partial charge in [0, 0.05) is 41.8 Å². The Morgan fingerprint density at radius 1 is 1.14 bits per heavy atom. The molecule has 1 aromatic heterocycles. The summed E-state index contributed by atoms with van der Waals surface area (Å²) in [7, 11) is 3.99. The van der Waals surface area contributed by atoms with Crippen LogP contribution in [0.5, 0.6) is 0 Å². The molecule has 1 amide bonds. The number of nitrogens with one attached hydrogen (secondary N) is 1. The van der Waals surface area contributed by atoms with Crippen LogP contribution in [-0.4, -0.2) is 30.2 Å². The van der Waals surface area contributed by atoms with Crippen molar-refractivity contribution in [1.82, 2.24) is 10.2 Å². The van der Waals surface area contributed by atoms with E-state index in [-0.39, 0.29) is 11.9 Å². The first-order valence-electron chi connectivity index (χ1n) is 9.81. The van der Waals surface area contributed by atoms with Crippen molar-refractivity contribution in [2.24, 2.45) is 5.92 Å². The SMILES string of the molecule is CC(C)Cc1[nH]nc2c1C(c1ccccc1Cl)N(c1ccc(N(C)C)cc1)C2=O. The quantitative estimate of drug-likeness (QED) is 0.640. The molecule has 3 aromatic rings. The van der Waals surface area contributed by atoms with Gasteiger partial charge in [-0.2, -0.15) is 5.10 Å². The van der Waals surface area contributed by atoms with E-state index in [2.05, 4.69) is 24.0 Å². The number of carbonyl (C=O) groups excluding carboxylic acids is 1. The van der Waals surface area contributed by atoms with E-state index in [9.17, 15) is 4.79 Å². The molecule has 2 aromatic carbocycles. The van der Waals surface area contributed by atoms with Gasteiger partial charge >= 0.3 is 0 Å². The highest BCUT2D eigenvalue weighted by Crippen LogP contribution is 2.44. The number of aromatic nitrogens is 2. The molecule has 0 radical (unpaired) electrons. The van der Waals surface area contributed by atoms with E-state index in [0.717, 1.165) is 34.6 Å². The Balaban J connectivity index is 1.87. The molecule has 1 aliphatic heterocycles. The van der Waals surface area contributed by atoms with E-state index < -0.39 is 0 Å². The molecule has 1 unspecified atom stereocenters. The van der Waals surface area contributed by atoms with Crippen LogP contribution in [0.4, 0.5) is 11.4 Å². The lowest BCUT2D eigenvalue weighted by atomic mass is 9.95. The maximum atomic E-state index is 13.4. The predicted octanol–water partition coefficient (Wildman–Crippen LogP) is 5.08. The highest BCUT2D eigenvalue weighted by molar-refractivity contribution is 6.31. The molecule has 0 saturated carbocycles. The molecule has 5 nitrogen and oxygen atoms in total. The largest absolute Gasteiger partial charge is 0.378 e. The zero-order chi connectivity index (χ0) is 20.7. The Hall–Kier alpha value is -2.79. The Kier molecular flexibility index (Phi) is 5.09. The Labute approximate surface area is 176 Å². The number of benzene rings is 2. The third-order valence-corrected chi connectivity index (χ3v) is 5.64. The summed E-state index contributed by atoms with van der Waals surface area (Å²) in [4.78, 5) is 17.3. The fourth-order valence-electron chi connectivity index (χ4n) is 3.94. The molecule has 0 saturated heterocycles. The summed E-state index contributed by atoms with van der Waals surface area (Å²) < 4.78 is 0. The molecule has 1 N–H and O–H groups in total. The van der Waals surface area contributed by atoms with Gasteiger partial charge in [0.1, 0.15) is 0 Å².